The second-order valence-corrected chi connectivity index (χ2v) is 6.92. The summed E-state index contributed by atoms with van der Waals surface area (Å²) in [4.78, 5) is 9.45. The molecule has 1 fully saturated rings. The molecule has 0 saturated carbocycles. The first kappa shape index (κ1) is 15.6. The lowest BCUT2D eigenvalue weighted by molar-refractivity contribution is 0.364. The molecule has 24 heavy (non-hydrogen) atoms. The fourth-order valence-electron chi connectivity index (χ4n) is 3.44. The van der Waals surface area contributed by atoms with E-state index in [1.165, 1.54) is 18.4 Å². The number of hydrogen-bond donors (Lipinski definition) is 1. The lowest BCUT2D eigenvalue weighted by atomic mass is 9.94. The smallest absolute Gasteiger partial charge is 0.160 e. The Balaban J connectivity index is 1.68. The van der Waals surface area contributed by atoms with Gasteiger partial charge in [0.1, 0.15) is 11.3 Å². The minimum Gasteiger partial charge on any atom is -0.317 e. The zero-order valence-electron chi connectivity index (χ0n) is 13.6. The summed E-state index contributed by atoms with van der Waals surface area (Å²) in [7, 11) is 0. The molecule has 1 aromatic carbocycles. The van der Waals surface area contributed by atoms with E-state index in [4.69, 9.17) is 16.6 Å². The third-order valence-electron chi connectivity index (χ3n) is 4.77. The van der Waals surface area contributed by atoms with Crippen molar-refractivity contribution in [2.24, 2.45) is 5.92 Å². The molecule has 0 bridgehead atoms. The number of fused-ring (bicyclic) bond motifs is 1. The van der Waals surface area contributed by atoms with E-state index in [1.807, 2.05) is 30.5 Å². The second-order valence-electron chi connectivity index (χ2n) is 6.48. The van der Waals surface area contributed by atoms with Crippen LogP contribution in [0.3, 0.4) is 0 Å². The number of aromatic nitrogens is 3. The summed E-state index contributed by atoms with van der Waals surface area (Å²) in [6, 6.07) is 12.0. The van der Waals surface area contributed by atoms with Gasteiger partial charge in [0.15, 0.2) is 5.65 Å². The number of piperidine rings is 1. The number of nitrogens with zero attached hydrogens (tertiary/aromatic N) is 3. The van der Waals surface area contributed by atoms with Gasteiger partial charge in [0.25, 0.3) is 0 Å². The molecule has 1 aliphatic heterocycles. The lowest BCUT2D eigenvalue weighted by Gasteiger charge is -2.22. The molecule has 1 aliphatic rings. The highest BCUT2D eigenvalue weighted by Gasteiger charge is 2.19. The Bertz CT molecular complexity index is 819. The molecule has 0 aliphatic carbocycles. The van der Waals surface area contributed by atoms with Crippen molar-refractivity contribution in [2.75, 3.05) is 13.1 Å². The normalized spacial score (nSPS) is 15.9. The van der Waals surface area contributed by atoms with Gasteiger partial charge in [-0.2, -0.15) is 0 Å². The monoisotopic (exact) mass is 340 g/mol. The Kier molecular flexibility index (Phi) is 4.50. The summed E-state index contributed by atoms with van der Waals surface area (Å²) < 4.78 is 2.26. The van der Waals surface area contributed by atoms with Crippen LogP contribution in [-0.4, -0.2) is 27.6 Å². The number of benzene rings is 1. The van der Waals surface area contributed by atoms with Gasteiger partial charge in [-0.3, -0.25) is 0 Å². The number of pyridine rings is 1. The Morgan fingerprint density at radius 2 is 1.92 bits per heavy atom. The van der Waals surface area contributed by atoms with Crippen LogP contribution in [-0.2, 0) is 13.0 Å². The Labute approximate surface area is 146 Å². The van der Waals surface area contributed by atoms with Crippen LogP contribution in [0.5, 0.6) is 0 Å². The third-order valence-corrected chi connectivity index (χ3v) is 5.02. The molecule has 2 aromatic heterocycles. The van der Waals surface area contributed by atoms with Crippen molar-refractivity contribution in [2.45, 2.75) is 25.8 Å². The van der Waals surface area contributed by atoms with Gasteiger partial charge in [-0.15, -0.1) is 0 Å². The number of hydrogen-bond acceptors (Lipinski definition) is 3. The van der Waals surface area contributed by atoms with Gasteiger partial charge in [0, 0.05) is 17.6 Å². The predicted molar refractivity (Wildman–Crippen MR) is 97.4 cm³/mol. The van der Waals surface area contributed by atoms with Crippen LogP contribution in [0.1, 0.15) is 24.2 Å². The molecule has 4 rings (SSSR count). The predicted octanol–water partition coefficient (Wildman–Crippen LogP) is 3.68. The van der Waals surface area contributed by atoms with Crippen molar-refractivity contribution in [1.29, 1.82) is 0 Å². The highest BCUT2D eigenvalue weighted by molar-refractivity contribution is 6.30. The summed E-state index contributed by atoms with van der Waals surface area (Å²) >= 11 is 6.01. The van der Waals surface area contributed by atoms with Crippen LogP contribution in [0.4, 0.5) is 0 Å². The molecule has 3 aromatic rings. The van der Waals surface area contributed by atoms with E-state index < -0.39 is 0 Å². The van der Waals surface area contributed by atoms with E-state index in [0.717, 1.165) is 48.1 Å². The van der Waals surface area contributed by atoms with Crippen LogP contribution in [0.15, 0.2) is 42.6 Å². The highest BCUT2D eigenvalue weighted by Crippen LogP contribution is 2.22. The first-order chi connectivity index (χ1) is 11.8. The summed E-state index contributed by atoms with van der Waals surface area (Å²) in [5, 5.41) is 4.20. The van der Waals surface area contributed by atoms with Gasteiger partial charge in [-0.25, -0.2) is 9.97 Å². The fraction of sp³-hybridized carbons (Fsp3) is 0.368. The van der Waals surface area contributed by atoms with Gasteiger partial charge < -0.3 is 9.88 Å². The molecule has 1 N–H and O–H groups in total. The molecular weight excluding hydrogens is 320 g/mol. The average Bonchev–Trinajstić information content (AvgIpc) is 2.95. The van der Waals surface area contributed by atoms with Crippen molar-refractivity contribution in [3.8, 4) is 0 Å². The van der Waals surface area contributed by atoms with E-state index in [0.29, 0.717) is 5.92 Å². The average molecular weight is 341 g/mol. The zero-order valence-corrected chi connectivity index (χ0v) is 14.3. The SMILES string of the molecule is Clc1ccc(Cn2c(CC3CCNCC3)nc3cccnc32)cc1. The lowest BCUT2D eigenvalue weighted by Crippen LogP contribution is -2.29. The van der Waals surface area contributed by atoms with Crippen molar-refractivity contribution in [1.82, 2.24) is 19.9 Å². The van der Waals surface area contributed by atoms with Crippen LogP contribution < -0.4 is 5.32 Å². The first-order valence-corrected chi connectivity index (χ1v) is 8.93. The van der Waals surface area contributed by atoms with Gasteiger partial charge in [0.2, 0.25) is 0 Å². The molecule has 5 heteroatoms. The molecule has 0 amide bonds. The Morgan fingerprint density at radius 3 is 2.71 bits per heavy atom. The van der Waals surface area contributed by atoms with Gasteiger partial charge >= 0.3 is 0 Å². The molecule has 0 spiro atoms. The highest BCUT2D eigenvalue weighted by atomic mass is 35.5. The van der Waals surface area contributed by atoms with Crippen LogP contribution in [0.25, 0.3) is 11.2 Å². The molecule has 1 saturated heterocycles. The van der Waals surface area contributed by atoms with E-state index in [2.05, 4.69) is 27.0 Å². The Morgan fingerprint density at radius 1 is 1.12 bits per heavy atom. The molecule has 0 atom stereocenters. The van der Waals surface area contributed by atoms with Gasteiger partial charge in [0.05, 0.1) is 6.54 Å². The summed E-state index contributed by atoms with van der Waals surface area (Å²) in [6.45, 7) is 3.01. The molecule has 0 radical (unpaired) electrons. The van der Waals surface area contributed by atoms with Gasteiger partial charge in [-0.05, 0) is 61.7 Å². The maximum Gasteiger partial charge on any atom is 0.160 e. The number of halogens is 1. The fourth-order valence-corrected chi connectivity index (χ4v) is 3.57. The molecule has 124 valence electrons. The minimum absolute atomic E-state index is 0.701. The molecule has 0 unspecified atom stereocenters. The van der Waals surface area contributed by atoms with E-state index in [1.54, 1.807) is 0 Å². The van der Waals surface area contributed by atoms with E-state index in [-0.39, 0.29) is 0 Å². The molecular formula is C19H21ClN4. The standard InChI is InChI=1S/C19H21ClN4/c20-16-5-3-15(4-6-16)13-24-18(12-14-7-10-21-11-8-14)23-17-2-1-9-22-19(17)24/h1-6,9,14,21H,7-8,10-13H2. The quantitative estimate of drug-likeness (QED) is 0.788. The number of imidazole rings is 1. The Hall–Kier alpha value is -1.91. The van der Waals surface area contributed by atoms with Crippen LogP contribution in [0.2, 0.25) is 5.02 Å². The van der Waals surface area contributed by atoms with E-state index >= 15 is 0 Å². The van der Waals surface area contributed by atoms with Crippen molar-refractivity contribution >= 4 is 22.8 Å². The number of nitrogens with one attached hydrogen (secondary N) is 1. The number of rotatable bonds is 4. The van der Waals surface area contributed by atoms with Gasteiger partial charge in [-0.1, -0.05) is 23.7 Å². The summed E-state index contributed by atoms with van der Waals surface area (Å²) in [5.74, 6) is 1.84. The second kappa shape index (κ2) is 6.91. The van der Waals surface area contributed by atoms with Crippen molar-refractivity contribution < 1.29 is 0 Å². The van der Waals surface area contributed by atoms with Crippen LogP contribution >= 0.6 is 11.6 Å². The maximum absolute atomic E-state index is 6.01. The molecule has 3 heterocycles. The largest absolute Gasteiger partial charge is 0.317 e. The molecule has 4 nitrogen and oxygen atoms in total. The van der Waals surface area contributed by atoms with Crippen LogP contribution in [0, 0.1) is 5.92 Å². The third kappa shape index (κ3) is 3.30. The zero-order chi connectivity index (χ0) is 16.4. The maximum atomic E-state index is 6.01. The first-order valence-electron chi connectivity index (χ1n) is 8.55. The topological polar surface area (TPSA) is 42.7 Å². The minimum atomic E-state index is 0.701. The van der Waals surface area contributed by atoms with Crippen molar-refractivity contribution in [3.63, 3.8) is 0 Å². The summed E-state index contributed by atoms with van der Waals surface area (Å²) in [5.41, 5.74) is 3.17. The summed E-state index contributed by atoms with van der Waals surface area (Å²) in [6.07, 6.45) is 5.30. The van der Waals surface area contributed by atoms with E-state index in [9.17, 15) is 0 Å². The van der Waals surface area contributed by atoms with Crippen molar-refractivity contribution in [3.05, 3.63) is 59.0 Å².